The summed E-state index contributed by atoms with van der Waals surface area (Å²) < 4.78 is 0. The highest BCUT2D eigenvalue weighted by Crippen LogP contribution is 2.23. The summed E-state index contributed by atoms with van der Waals surface area (Å²) in [5.41, 5.74) is -0.0632. The zero-order valence-electron chi connectivity index (χ0n) is 12.1. The minimum absolute atomic E-state index is 0.0632. The zero-order chi connectivity index (χ0) is 15.0. The predicted molar refractivity (Wildman–Crippen MR) is 78.7 cm³/mol. The summed E-state index contributed by atoms with van der Waals surface area (Å²) in [6, 6.07) is 2.72. The van der Waals surface area contributed by atoms with E-state index in [0.717, 1.165) is 32.1 Å². The third-order valence-corrected chi connectivity index (χ3v) is 3.26. The highest BCUT2D eigenvalue weighted by Gasteiger charge is 2.20. The van der Waals surface area contributed by atoms with E-state index in [-0.39, 0.29) is 17.5 Å². The van der Waals surface area contributed by atoms with Crippen molar-refractivity contribution in [2.24, 2.45) is 0 Å². The molecule has 1 aromatic heterocycles. The van der Waals surface area contributed by atoms with E-state index in [9.17, 15) is 15.2 Å². The van der Waals surface area contributed by atoms with Crippen LogP contribution in [-0.2, 0) is 0 Å². The second-order valence-electron chi connectivity index (χ2n) is 4.97. The molecule has 20 heavy (non-hydrogen) atoms. The molecule has 1 heterocycles. The van der Waals surface area contributed by atoms with Crippen LogP contribution in [0.3, 0.4) is 0 Å². The van der Waals surface area contributed by atoms with Gasteiger partial charge in [-0.3, -0.25) is 10.1 Å². The van der Waals surface area contributed by atoms with Gasteiger partial charge >= 0.3 is 5.69 Å². The standard InChI is InChI=1S/C14H23N3O3/c1-3-4-5-6-8-12(11(2)18)16-14-13(17(19)20)9-7-10-15-14/h7,9-12,18H,3-6,8H2,1-2H3,(H,15,16). The van der Waals surface area contributed by atoms with Crippen molar-refractivity contribution in [1.82, 2.24) is 4.98 Å². The van der Waals surface area contributed by atoms with Crippen LogP contribution in [-0.4, -0.2) is 27.2 Å². The van der Waals surface area contributed by atoms with Crippen LogP contribution in [0.25, 0.3) is 0 Å². The Morgan fingerprint density at radius 2 is 2.20 bits per heavy atom. The van der Waals surface area contributed by atoms with E-state index in [1.54, 1.807) is 6.92 Å². The van der Waals surface area contributed by atoms with Crippen molar-refractivity contribution in [2.45, 2.75) is 58.1 Å². The van der Waals surface area contributed by atoms with Crippen molar-refractivity contribution in [3.63, 3.8) is 0 Å². The lowest BCUT2D eigenvalue weighted by Gasteiger charge is -2.21. The average molecular weight is 281 g/mol. The van der Waals surface area contributed by atoms with Gasteiger partial charge in [-0.2, -0.15) is 0 Å². The maximum atomic E-state index is 10.9. The molecule has 0 amide bonds. The van der Waals surface area contributed by atoms with Crippen molar-refractivity contribution >= 4 is 11.5 Å². The van der Waals surface area contributed by atoms with Crippen LogP contribution >= 0.6 is 0 Å². The molecule has 6 heteroatoms. The normalized spacial score (nSPS) is 13.8. The molecule has 1 rings (SSSR count). The van der Waals surface area contributed by atoms with E-state index in [1.807, 2.05) is 0 Å². The molecule has 2 N–H and O–H groups in total. The van der Waals surface area contributed by atoms with Crippen molar-refractivity contribution < 1.29 is 10.0 Å². The van der Waals surface area contributed by atoms with E-state index < -0.39 is 11.0 Å². The molecule has 0 aliphatic heterocycles. The first-order chi connectivity index (χ1) is 9.56. The molecule has 0 saturated carbocycles. The first-order valence-corrected chi connectivity index (χ1v) is 7.10. The molecular weight excluding hydrogens is 258 g/mol. The smallest absolute Gasteiger partial charge is 0.311 e. The average Bonchev–Trinajstić information content (AvgIpc) is 2.42. The summed E-state index contributed by atoms with van der Waals surface area (Å²) in [7, 11) is 0. The lowest BCUT2D eigenvalue weighted by atomic mass is 10.0. The number of hydrogen-bond acceptors (Lipinski definition) is 5. The fourth-order valence-corrected chi connectivity index (χ4v) is 2.06. The van der Waals surface area contributed by atoms with Crippen LogP contribution in [0.2, 0.25) is 0 Å². The van der Waals surface area contributed by atoms with Gasteiger partial charge in [-0.25, -0.2) is 4.98 Å². The highest BCUT2D eigenvalue weighted by atomic mass is 16.6. The number of nitro groups is 1. The number of aliphatic hydroxyl groups excluding tert-OH is 1. The molecule has 6 nitrogen and oxygen atoms in total. The Bertz CT molecular complexity index is 424. The van der Waals surface area contributed by atoms with Crippen LogP contribution in [0, 0.1) is 10.1 Å². The van der Waals surface area contributed by atoms with Crippen molar-refractivity contribution in [1.29, 1.82) is 0 Å². The number of pyridine rings is 1. The summed E-state index contributed by atoms with van der Waals surface area (Å²) in [6.07, 6.45) is 6.09. The Labute approximate surface area is 119 Å². The van der Waals surface area contributed by atoms with Gasteiger partial charge in [-0.05, 0) is 19.4 Å². The lowest BCUT2D eigenvalue weighted by molar-refractivity contribution is -0.384. The Hall–Kier alpha value is -1.69. The fraction of sp³-hybridized carbons (Fsp3) is 0.643. The molecule has 0 spiro atoms. The molecule has 0 radical (unpaired) electrons. The largest absolute Gasteiger partial charge is 0.391 e. The second kappa shape index (κ2) is 8.47. The number of aliphatic hydroxyl groups is 1. The number of aromatic nitrogens is 1. The summed E-state index contributed by atoms with van der Waals surface area (Å²) in [4.78, 5) is 14.5. The topological polar surface area (TPSA) is 88.3 Å². The van der Waals surface area contributed by atoms with Gasteiger partial charge in [0.05, 0.1) is 17.1 Å². The van der Waals surface area contributed by atoms with Gasteiger partial charge in [0.25, 0.3) is 0 Å². The highest BCUT2D eigenvalue weighted by molar-refractivity contribution is 5.55. The Kier molecular flexibility index (Phi) is 6.93. The third kappa shape index (κ3) is 5.13. The van der Waals surface area contributed by atoms with E-state index >= 15 is 0 Å². The number of unbranched alkanes of at least 4 members (excludes halogenated alkanes) is 3. The molecule has 2 unspecified atom stereocenters. The van der Waals surface area contributed by atoms with E-state index in [2.05, 4.69) is 17.2 Å². The quantitative estimate of drug-likeness (QED) is 0.412. The number of nitrogens with one attached hydrogen (secondary N) is 1. The van der Waals surface area contributed by atoms with E-state index in [4.69, 9.17) is 0 Å². The monoisotopic (exact) mass is 281 g/mol. The van der Waals surface area contributed by atoms with Gasteiger partial charge in [-0.1, -0.05) is 32.6 Å². The lowest BCUT2D eigenvalue weighted by Crippen LogP contribution is -2.32. The van der Waals surface area contributed by atoms with Crippen molar-refractivity contribution in [3.8, 4) is 0 Å². The van der Waals surface area contributed by atoms with E-state index in [1.165, 1.54) is 18.3 Å². The predicted octanol–water partition coefficient (Wildman–Crippen LogP) is 3.12. The third-order valence-electron chi connectivity index (χ3n) is 3.26. The van der Waals surface area contributed by atoms with Crippen LogP contribution in [0.1, 0.15) is 46.0 Å². The van der Waals surface area contributed by atoms with Gasteiger partial charge in [-0.15, -0.1) is 0 Å². The van der Waals surface area contributed by atoms with Crippen LogP contribution < -0.4 is 5.32 Å². The summed E-state index contributed by atoms with van der Waals surface area (Å²) in [5, 5.41) is 23.7. The Balaban J connectivity index is 2.68. The SMILES string of the molecule is CCCCCCC(Nc1ncccc1[N+](=O)[O-])C(C)O. The van der Waals surface area contributed by atoms with Crippen LogP contribution in [0.15, 0.2) is 18.3 Å². The Morgan fingerprint density at radius 3 is 2.80 bits per heavy atom. The van der Waals surface area contributed by atoms with Gasteiger partial charge in [0.1, 0.15) is 0 Å². The fourth-order valence-electron chi connectivity index (χ4n) is 2.06. The molecular formula is C14H23N3O3. The van der Waals surface area contributed by atoms with Gasteiger partial charge in [0, 0.05) is 12.3 Å². The minimum atomic E-state index is -0.585. The van der Waals surface area contributed by atoms with E-state index in [0.29, 0.717) is 0 Å². The summed E-state index contributed by atoms with van der Waals surface area (Å²) in [6.45, 7) is 3.83. The molecule has 0 bridgehead atoms. The minimum Gasteiger partial charge on any atom is -0.391 e. The molecule has 0 aliphatic rings. The van der Waals surface area contributed by atoms with Gasteiger partial charge in [0.2, 0.25) is 5.82 Å². The molecule has 0 aliphatic carbocycles. The number of rotatable bonds is 9. The maximum absolute atomic E-state index is 10.9. The number of nitrogens with zero attached hydrogens (tertiary/aromatic N) is 2. The molecule has 0 aromatic carbocycles. The van der Waals surface area contributed by atoms with Crippen molar-refractivity contribution in [2.75, 3.05) is 5.32 Å². The Morgan fingerprint density at radius 1 is 1.45 bits per heavy atom. The molecule has 0 saturated heterocycles. The summed E-state index contributed by atoms with van der Waals surface area (Å²) in [5.74, 6) is 0.221. The van der Waals surface area contributed by atoms with Crippen LogP contribution in [0.4, 0.5) is 11.5 Å². The summed E-state index contributed by atoms with van der Waals surface area (Å²) >= 11 is 0. The first-order valence-electron chi connectivity index (χ1n) is 7.10. The second-order valence-corrected chi connectivity index (χ2v) is 4.97. The van der Waals surface area contributed by atoms with Crippen molar-refractivity contribution in [3.05, 3.63) is 28.4 Å². The molecule has 2 atom stereocenters. The molecule has 112 valence electrons. The zero-order valence-corrected chi connectivity index (χ0v) is 12.1. The van der Waals surface area contributed by atoms with Gasteiger partial charge in [0.15, 0.2) is 0 Å². The number of anilines is 1. The van der Waals surface area contributed by atoms with Crippen LogP contribution in [0.5, 0.6) is 0 Å². The number of hydrogen-bond donors (Lipinski definition) is 2. The molecule has 0 fully saturated rings. The molecule has 1 aromatic rings. The first kappa shape index (κ1) is 16.4. The maximum Gasteiger partial charge on any atom is 0.311 e. The van der Waals surface area contributed by atoms with Gasteiger partial charge < -0.3 is 10.4 Å².